The van der Waals surface area contributed by atoms with Crippen LogP contribution in [0.5, 0.6) is 11.6 Å². The van der Waals surface area contributed by atoms with Crippen molar-refractivity contribution in [3.05, 3.63) is 30.0 Å². The van der Waals surface area contributed by atoms with E-state index >= 15 is 0 Å². The number of nitrogens with two attached hydrogens (primary N) is 1. The number of benzene rings is 1. The van der Waals surface area contributed by atoms with Crippen LogP contribution in [0, 0.1) is 0 Å². The third-order valence-corrected chi connectivity index (χ3v) is 4.69. The average molecular weight is 371 g/mol. The molecule has 0 aliphatic carbocycles. The van der Waals surface area contributed by atoms with Crippen molar-refractivity contribution < 1.29 is 19.1 Å². The van der Waals surface area contributed by atoms with Crippen LogP contribution in [0.3, 0.4) is 0 Å². The van der Waals surface area contributed by atoms with E-state index in [1.165, 1.54) is 0 Å². The van der Waals surface area contributed by atoms with Gasteiger partial charge >= 0.3 is 0 Å². The molecular formula is C20H25N3O4. The minimum atomic E-state index is -0.545. The van der Waals surface area contributed by atoms with Gasteiger partial charge in [-0.05, 0) is 50.8 Å². The number of rotatable bonds is 7. The van der Waals surface area contributed by atoms with Gasteiger partial charge in [-0.1, -0.05) is 0 Å². The summed E-state index contributed by atoms with van der Waals surface area (Å²) in [6.07, 6.45) is 3.56. The van der Waals surface area contributed by atoms with E-state index in [0.29, 0.717) is 36.6 Å². The maximum atomic E-state index is 11.8. The summed E-state index contributed by atoms with van der Waals surface area (Å²) in [5.41, 5.74) is 5.58. The maximum absolute atomic E-state index is 11.8. The minimum Gasteiger partial charge on any atom is -0.490 e. The largest absolute Gasteiger partial charge is 0.490 e. The molecule has 0 spiro atoms. The van der Waals surface area contributed by atoms with Crippen molar-refractivity contribution in [3.63, 3.8) is 0 Å². The molecule has 2 amide bonds. The Bertz CT molecular complexity index is 881. The van der Waals surface area contributed by atoms with E-state index in [1.54, 1.807) is 24.4 Å². The number of ether oxygens (including phenoxy) is 2. The van der Waals surface area contributed by atoms with Crippen molar-refractivity contribution in [1.82, 2.24) is 10.3 Å². The second-order valence-electron chi connectivity index (χ2n) is 7.42. The number of pyridine rings is 1. The Morgan fingerprint density at radius 3 is 2.81 bits per heavy atom. The van der Waals surface area contributed by atoms with Gasteiger partial charge in [0.1, 0.15) is 5.75 Å². The van der Waals surface area contributed by atoms with Crippen LogP contribution in [0.25, 0.3) is 10.8 Å². The molecule has 3 N–H and O–H groups in total. The fraction of sp³-hybridized carbons (Fsp3) is 0.450. The van der Waals surface area contributed by atoms with Gasteiger partial charge in [-0.15, -0.1) is 0 Å². The standard InChI is InChI=1S/C20H25N3O4/c1-12(2)27-16-11-14-13(10-15(16)18(21)25)5-8-22-19(14)26-9-7-20(3)6-4-17(24)23-20/h5,8,10-12H,4,6-7,9H2,1-3H3,(H2,21,25)(H,23,24)/t20-/m0/s1. The predicted octanol–water partition coefficient (Wildman–Crippen LogP) is 2.56. The number of nitrogens with one attached hydrogen (secondary N) is 1. The second-order valence-corrected chi connectivity index (χ2v) is 7.42. The van der Waals surface area contributed by atoms with Crippen LogP contribution in [0.1, 0.15) is 50.4 Å². The molecule has 0 unspecified atom stereocenters. The van der Waals surface area contributed by atoms with Gasteiger partial charge in [0.05, 0.1) is 18.3 Å². The summed E-state index contributed by atoms with van der Waals surface area (Å²) in [6.45, 7) is 6.20. The first-order chi connectivity index (χ1) is 12.8. The zero-order valence-electron chi connectivity index (χ0n) is 15.9. The lowest BCUT2D eigenvalue weighted by Gasteiger charge is -2.23. The maximum Gasteiger partial charge on any atom is 0.252 e. The molecule has 2 aromatic rings. The summed E-state index contributed by atoms with van der Waals surface area (Å²) in [7, 11) is 0. The second kappa shape index (κ2) is 7.42. The SMILES string of the molecule is CC(C)Oc1cc2c(OCC[C@]3(C)CCC(=O)N3)nccc2cc1C(N)=O. The number of fused-ring (bicyclic) bond motifs is 1. The third-order valence-electron chi connectivity index (χ3n) is 4.69. The summed E-state index contributed by atoms with van der Waals surface area (Å²) >= 11 is 0. The Morgan fingerprint density at radius 2 is 2.19 bits per heavy atom. The Hall–Kier alpha value is -2.83. The molecule has 1 aliphatic heterocycles. The van der Waals surface area contributed by atoms with E-state index in [2.05, 4.69) is 10.3 Å². The topological polar surface area (TPSA) is 104 Å². The first-order valence-corrected chi connectivity index (χ1v) is 9.10. The number of primary amides is 1. The Kier molecular flexibility index (Phi) is 5.21. The molecule has 1 aromatic carbocycles. The number of carbonyl (C=O) groups excluding carboxylic acids is 2. The van der Waals surface area contributed by atoms with Crippen molar-refractivity contribution in [2.24, 2.45) is 5.73 Å². The van der Waals surface area contributed by atoms with Gasteiger partial charge < -0.3 is 20.5 Å². The van der Waals surface area contributed by atoms with Crippen LogP contribution in [0.15, 0.2) is 24.4 Å². The lowest BCUT2D eigenvalue weighted by atomic mass is 9.97. The van der Waals surface area contributed by atoms with E-state index in [1.807, 2.05) is 20.8 Å². The first-order valence-electron chi connectivity index (χ1n) is 9.10. The molecule has 0 bridgehead atoms. The van der Waals surface area contributed by atoms with Crippen LogP contribution in [-0.4, -0.2) is 35.0 Å². The lowest BCUT2D eigenvalue weighted by Crippen LogP contribution is -2.39. The van der Waals surface area contributed by atoms with Crippen molar-refractivity contribution in [3.8, 4) is 11.6 Å². The van der Waals surface area contributed by atoms with Gasteiger partial charge in [0.25, 0.3) is 5.91 Å². The fourth-order valence-corrected chi connectivity index (χ4v) is 3.24. The van der Waals surface area contributed by atoms with Crippen LogP contribution in [0.2, 0.25) is 0 Å². The first kappa shape index (κ1) is 18.9. The molecule has 144 valence electrons. The molecule has 1 aliphatic rings. The van der Waals surface area contributed by atoms with Gasteiger partial charge in [0.2, 0.25) is 11.8 Å². The number of nitrogens with zero attached hydrogens (tertiary/aromatic N) is 1. The Labute approximate surface area is 158 Å². The molecule has 1 fully saturated rings. The zero-order valence-corrected chi connectivity index (χ0v) is 15.9. The molecule has 3 rings (SSSR count). The smallest absolute Gasteiger partial charge is 0.252 e. The van der Waals surface area contributed by atoms with Crippen LogP contribution in [0.4, 0.5) is 0 Å². The lowest BCUT2D eigenvalue weighted by molar-refractivity contribution is -0.119. The van der Waals surface area contributed by atoms with Gasteiger partial charge in [0, 0.05) is 30.0 Å². The van der Waals surface area contributed by atoms with Crippen molar-refractivity contribution in [2.75, 3.05) is 6.61 Å². The highest BCUT2D eigenvalue weighted by Gasteiger charge is 2.32. The van der Waals surface area contributed by atoms with E-state index < -0.39 is 5.91 Å². The molecule has 0 saturated carbocycles. The van der Waals surface area contributed by atoms with E-state index in [9.17, 15) is 9.59 Å². The van der Waals surface area contributed by atoms with Crippen molar-refractivity contribution in [1.29, 1.82) is 0 Å². The zero-order chi connectivity index (χ0) is 19.6. The number of hydrogen-bond donors (Lipinski definition) is 2. The molecule has 0 radical (unpaired) electrons. The fourth-order valence-electron chi connectivity index (χ4n) is 3.24. The van der Waals surface area contributed by atoms with E-state index in [0.717, 1.165) is 17.2 Å². The van der Waals surface area contributed by atoms with Crippen LogP contribution in [-0.2, 0) is 4.79 Å². The molecule has 27 heavy (non-hydrogen) atoms. The van der Waals surface area contributed by atoms with Crippen molar-refractivity contribution >= 4 is 22.6 Å². The average Bonchev–Trinajstić information content (AvgIpc) is 2.93. The Balaban J connectivity index is 1.85. The summed E-state index contributed by atoms with van der Waals surface area (Å²) in [5.74, 6) is 0.412. The monoisotopic (exact) mass is 371 g/mol. The van der Waals surface area contributed by atoms with Gasteiger partial charge in [-0.3, -0.25) is 9.59 Å². The quantitative estimate of drug-likeness (QED) is 0.778. The molecule has 1 saturated heterocycles. The molecule has 1 atom stereocenters. The molecule has 1 aromatic heterocycles. The number of aromatic nitrogens is 1. The van der Waals surface area contributed by atoms with Crippen LogP contribution < -0.4 is 20.5 Å². The summed E-state index contributed by atoms with van der Waals surface area (Å²) in [5, 5.41) is 4.54. The number of carbonyl (C=O) groups is 2. The van der Waals surface area contributed by atoms with Crippen molar-refractivity contribution in [2.45, 2.75) is 51.7 Å². The molecule has 2 heterocycles. The summed E-state index contributed by atoms with van der Waals surface area (Å²) in [4.78, 5) is 27.6. The van der Waals surface area contributed by atoms with Crippen LogP contribution >= 0.6 is 0 Å². The normalized spacial score (nSPS) is 19.3. The van der Waals surface area contributed by atoms with Gasteiger partial charge in [0.15, 0.2) is 0 Å². The predicted molar refractivity (Wildman–Crippen MR) is 102 cm³/mol. The highest BCUT2D eigenvalue weighted by Crippen LogP contribution is 2.32. The van der Waals surface area contributed by atoms with E-state index in [4.69, 9.17) is 15.2 Å². The molecular weight excluding hydrogens is 346 g/mol. The molecule has 7 nitrogen and oxygen atoms in total. The Morgan fingerprint density at radius 1 is 1.41 bits per heavy atom. The number of amides is 2. The van der Waals surface area contributed by atoms with Gasteiger partial charge in [-0.2, -0.15) is 0 Å². The summed E-state index contributed by atoms with van der Waals surface area (Å²) in [6, 6.07) is 5.24. The summed E-state index contributed by atoms with van der Waals surface area (Å²) < 4.78 is 11.7. The van der Waals surface area contributed by atoms with E-state index in [-0.39, 0.29) is 17.6 Å². The molecule has 7 heteroatoms. The minimum absolute atomic E-state index is 0.0789. The highest BCUT2D eigenvalue weighted by atomic mass is 16.5. The van der Waals surface area contributed by atoms with Gasteiger partial charge in [-0.25, -0.2) is 4.98 Å². The third kappa shape index (κ3) is 4.30. The number of hydrogen-bond acceptors (Lipinski definition) is 5. The highest BCUT2D eigenvalue weighted by molar-refractivity contribution is 6.01.